The van der Waals surface area contributed by atoms with Crippen molar-refractivity contribution in [3.05, 3.63) is 83.7 Å². The number of allylic oxidation sites excluding steroid dienone is 1. The number of carbonyl (C=O) groups is 2. The Bertz CT molecular complexity index is 1960. The fourth-order valence-electron chi connectivity index (χ4n) is 10.9. The maximum Gasteiger partial charge on any atom is 0.412 e. The van der Waals surface area contributed by atoms with Gasteiger partial charge in [0, 0.05) is 50.6 Å². The third kappa shape index (κ3) is 14.8. The second kappa shape index (κ2) is 28.4. The second-order valence-corrected chi connectivity index (χ2v) is 19.1. The molecule has 0 bridgehead atoms. The molecule has 1 unspecified atom stereocenters. The Morgan fingerprint density at radius 2 is 1.65 bits per heavy atom. The van der Waals surface area contributed by atoms with E-state index in [0.29, 0.717) is 55.2 Å². The topological polar surface area (TPSA) is 158 Å². The van der Waals surface area contributed by atoms with E-state index in [9.17, 15) is 24.2 Å². The summed E-state index contributed by atoms with van der Waals surface area (Å²) >= 11 is 0. The Kier molecular flexibility index (Phi) is 22.1. The first-order valence-corrected chi connectivity index (χ1v) is 26.3. The van der Waals surface area contributed by atoms with Crippen molar-refractivity contribution in [2.75, 3.05) is 39.6 Å². The molecule has 2 heterocycles. The highest BCUT2D eigenvalue weighted by Gasteiger charge is 2.65. The van der Waals surface area contributed by atoms with Crippen LogP contribution in [0.25, 0.3) is 0 Å². The average molecular weight is 962 g/mol. The summed E-state index contributed by atoms with van der Waals surface area (Å²) in [5.74, 6) is -2.06. The standard InChI is InChI=1S/C55H80FN3O10/c1-4-7-8-9-10-11-12-13-14-18-31-57-53(62)67-43-29-30-48-46(37-43)51-44(23-16-20-33-61)41(22-15-19-32-60)36-45-47(58-69-50-24-17-21-35-65-50)38-49(55(68-48,52(45)51)66-34-5-2)59(54(63)64-6-3)39-40-25-27-42(56)28-26-40/h5,25-30,36-37,41,44,49-52,60-61H,2,4,6-24,31-35,38-39H2,1,3H3,(H,57,62)/t41-,44+,49-,50?,51+,52+,55+/m0/s1. The van der Waals surface area contributed by atoms with E-state index >= 15 is 0 Å². The van der Waals surface area contributed by atoms with Crippen LogP contribution in [0.3, 0.4) is 0 Å². The number of ether oxygens (including phenoxy) is 5. The molecule has 2 amide bonds. The van der Waals surface area contributed by atoms with Gasteiger partial charge in [0.25, 0.3) is 0 Å². The van der Waals surface area contributed by atoms with Crippen LogP contribution in [0.15, 0.2) is 71.9 Å². The van der Waals surface area contributed by atoms with Gasteiger partial charge in [0.2, 0.25) is 12.1 Å². The first kappa shape index (κ1) is 53.8. The fraction of sp³-hybridized carbons (Fsp3) is 0.655. The molecule has 0 radical (unpaired) electrons. The van der Waals surface area contributed by atoms with Gasteiger partial charge >= 0.3 is 12.2 Å². The molecule has 4 aliphatic rings. The van der Waals surface area contributed by atoms with Crippen LogP contribution >= 0.6 is 0 Å². The molecule has 7 atom stereocenters. The summed E-state index contributed by atoms with van der Waals surface area (Å²) in [6.07, 6.45) is 21.2. The van der Waals surface area contributed by atoms with Crippen molar-refractivity contribution in [1.82, 2.24) is 10.2 Å². The Hall–Kier alpha value is -4.50. The number of hydrogen-bond donors (Lipinski definition) is 3. The number of halogens is 1. The normalized spacial score (nSPS) is 24.3. The first-order chi connectivity index (χ1) is 33.8. The van der Waals surface area contributed by atoms with Crippen LogP contribution in [0.1, 0.15) is 159 Å². The van der Waals surface area contributed by atoms with Crippen molar-refractivity contribution in [2.45, 2.75) is 173 Å². The van der Waals surface area contributed by atoms with Gasteiger partial charge < -0.3 is 44.1 Å². The number of aliphatic hydroxyl groups excluding tert-OH is 2. The lowest BCUT2D eigenvalue weighted by Gasteiger charge is -2.59. The number of rotatable bonds is 29. The van der Waals surface area contributed by atoms with Crippen molar-refractivity contribution < 1.29 is 52.7 Å². The Morgan fingerprint density at radius 1 is 0.928 bits per heavy atom. The number of nitrogens with one attached hydrogen (secondary N) is 1. The summed E-state index contributed by atoms with van der Waals surface area (Å²) in [4.78, 5) is 35.7. The zero-order valence-electron chi connectivity index (χ0n) is 41.4. The molecule has 2 fully saturated rings. The molecule has 0 spiro atoms. The van der Waals surface area contributed by atoms with E-state index in [2.05, 4.69) is 24.9 Å². The first-order valence-electron chi connectivity index (χ1n) is 26.3. The van der Waals surface area contributed by atoms with Crippen molar-refractivity contribution in [2.24, 2.45) is 22.9 Å². The predicted molar refractivity (Wildman–Crippen MR) is 264 cm³/mol. The maximum atomic E-state index is 14.5. The van der Waals surface area contributed by atoms with Crippen LogP contribution in [0.2, 0.25) is 0 Å². The van der Waals surface area contributed by atoms with Gasteiger partial charge in [-0.2, -0.15) is 0 Å². The van der Waals surface area contributed by atoms with E-state index in [4.69, 9.17) is 33.7 Å². The van der Waals surface area contributed by atoms with Crippen molar-refractivity contribution in [3.8, 4) is 11.5 Å². The SMILES string of the molecule is C=CCO[C@@]12Oc3ccc(OC(=O)NCCCCCCCCCCCC)cc3[C@H]3[C@H](CCCCO)[C@@H](CCCCO)C=C(C(=NOC4CCCCO4)C[C@@H]1N(Cc1ccc(F)cc1)C(=O)OCC)[C@H]32. The molecule has 2 aromatic carbocycles. The Balaban J connectivity index is 1.41. The summed E-state index contributed by atoms with van der Waals surface area (Å²) in [6.45, 7) is 9.43. The van der Waals surface area contributed by atoms with Gasteiger partial charge in [-0.3, -0.25) is 4.90 Å². The van der Waals surface area contributed by atoms with E-state index < -0.39 is 42.0 Å². The number of aliphatic hydroxyl groups is 2. The smallest absolute Gasteiger partial charge is 0.412 e. The van der Waals surface area contributed by atoms with Crippen LogP contribution in [0.5, 0.6) is 11.5 Å². The summed E-state index contributed by atoms with van der Waals surface area (Å²) in [6, 6.07) is 10.6. The zero-order chi connectivity index (χ0) is 48.9. The quantitative estimate of drug-likeness (QED) is 0.0407. The fourth-order valence-corrected chi connectivity index (χ4v) is 10.9. The van der Waals surface area contributed by atoms with E-state index in [1.54, 1.807) is 36.1 Å². The lowest BCUT2D eigenvalue weighted by atomic mass is 9.55. The van der Waals surface area contributed by atoms with Crippen LogP contribution in [0.4, 0.5) is 14.0 Å². The van der Waals surface area contributed by atoms with Gasteiger partial charge in [-0.15, -0.1) is 6.58 Å². The van der Waals surface area contributed by atoms with Crippen molar-refractivity contribution in [3.63, 3.8) is 0 Å². The highest BCUT2D eigenvalue weighted by atomic mass is 19.1. The number of benzene rings is 2. The number of oxime groups is 1. The lowest BCUT2D eigenvalue weighted by molar-refractivity contribution is -0.256. The average Bonchev–Trinajstić information content (AvgIpc) is 3.35. The number of carbonyl (C=O) groups excluding carboxylic acids is 2. The number of unbranched alkanes of at least 4 members (excludes halogenated alkanes) is 11. The molecule has 13 nitrogen and oxygen atoms in total. The van der Waals surface area contributed by atoms with E-state index in [1.807, 2.05) is 12.1 Å². The molecule has 2 aromatic rings. The predicted octanol–water partition coefficient (Wildman–Crippen LogP) is 11.7. The van der Waals surface area contributed by atoms with E-state index in [-0.39, 0.29) is 57.1 Å². The molecule has 0 aromatic heterocycles. The zero-order valence-corrected chi connectivity index (χ0v) is 41.4. The monoisotopic (exact) mass is 962 g/mol. The van der Waals surface area contributed by atoms with Crippen molar-refractivity contribution >= 4 is 17.9 Å². The van der Waals surface area contributed by atoms with Crippen LogP contribution < -0.4 is 14.8 Å². The summed E-state index contributed by atoms with van der Waals surface area (Å²) in [7, 11) is 0. The van der Waals surface area contributed by atoms with Crippen LogP contribution in [0, 0.1) is 23.6 Å². The van der Waals surface area contributed by atoms with Gasteiger partial charge in [0.05, 0.1) is 31.5 Å². The summed E-state index contributed by atoms with van der Waals surface area (Å²) in [5.41, 5.74) is 2.97. The summed E-state index contributed by atoms with van der Waals surface area (Å²) < 4.78 is 46.5. The minimum atomic E-state index is -1.55. The van der Waals surface area contributed by atoms with Crippen LogP contribution in [-0.2, 0) is 25.6 Å². The number of fused-ring (bicyclic) bond motifs is 2. The van der Waals surface area contributed by atoms with Gasteiger partial charge in [-0.05, 0) is 105 Å². The van der Waals surface area contributed by atoms with Gasteiger partial charge in [-0.1, -0.05) is 107 Å². The molecular weight excluding hydrogens is 882 g/mol. The highest BCUT2D eigenvalue weighted by Crippen LogP contribution is 2.62. The molecule has 6 rings (SSSR count). The highest BCUT2D eigenvalue weighted by molar-refractivity contribution is 6.03. The third-order valence-electron chi connectivity index (χ3n) is 14.2. The maximum absolute atomic E-state index is 14.5. The molecule has 69 heavy (non-hydrogen) atoms. The van der Waals surface area contributed by atoms with Crippen molar-refractivity contribution in [1.29, 1.82) is 0 Å². The Labute approximate surface area is 410 Å². The molecule has 2 aliphatic carbocycles. The molecule has 3 N–H and O–H groups in total. The number of amides is 2. The van der Waals surface area contributed by atoms with Gasteiger partial charge in [-0.25, -0.2) is 14.0 Å². The van der Waals surface area contributed by atoms with E-state index in [1.165, 1.54) is 57.1 Å². The number of nitrogens with zero attached hydrogens (tertiary/aromatic N) is 2. The van der Waals surface area contributed by atoms with Gasteiger partial charge in [0.1, 0.15) is 23.4 Å². The minimum Gasteiger partial charge on any atom is -0.459 e. The van der Waals surface area contributed by atoms with E-state index in [0.717, 1.165) is 68.9 Å². The lowest BCUT2D eigenvalue weighted by Crippen LogP contribution is -2.70. The third-order valence-corrected chi connectivity index (χ3v) is 14.2. The second-order valence-electron chi connectivity index (χ2n) is 19.1. The molecule has 382 valence electrons. The molecule has 14 heteroatoms. The molecular formula is C55H80FN3O10. The Morgan fingerprint density at radius 3 is 2.33 bits per heavy atom. The van der Waals surface area contributed by atoms with Crippen LogP contribution in [-0.4, -0.2) is 90.7 Å². The largest absolute Gasteiger partial charge is 0.459 e. The minimum absolute atomic E-state index is 0.00321. The number of hydrogen-bond acceptors (Lipinski definition) is 11. The van der Waals surface area contributed by atoms with Gasteiger partial charge in [0.15, 0.2) is 0 Å². The summed E-state index contributed by atoms with van der Waals surface area (Å²) in [5, 5.41) is 27.9. The molecule has 1 saturated heterocycles. The molecule has 2 aliphatic heterocycles. The molecule has 1 saturated carbocycles.